The number of carbonyl (C=O) groups excluding carboxylic acids is 1. The van der Waals surface area contributed by atoms with E-state index in [0.29, 0.717) is 24.2 Å². The predicted octanol–water partition coefficient (Wildman–Crippen LogP) is 3.93. The van der Waals surface area contributed by atoms with Crippen LogP contribution in [0.15, 0.2) is 30.5 Å². The number of likely N-dealkylation sites (tertiary alicyclic amines) is 1. The number of hydrogen-bond acceptors (Lipinski definition) is 3. The molecule has 10 heteroatoms. The Morgan fingerprint density at radius 3 is 2.50 bits per heavy atom. The van der Waals surface area contributed by atoms with Crippen LogP contribution in [0.4, 0.5) is 13.2 Å². The molecule has 5 nitrogen and oxygen atoms in total. The minimum absolute atomic E-state index is 0. The number of amides is 1. The molecule has 1 N–H and O–H groups in total. The summed E-state index contributed by atoms with van der Waals surface area (Å²) in [4.78, 5) is 14.4. The highest BCUT2D eigenvalue weighted by molar-refractivity contribution is 6.30. The second kappa shape index (κ2) is 7.93. The molecule has 1 amide bonds. The van der Waals surface area contributed by atoms with Crippen LogP contribution in [0.2, 0.25) is 5.02 Å². The van der Waals surface area contributed by atoms with E-state index >= 15 is 0 Å². The maximum Gasteiger partial charge on any atom is 0.434 e. The number of nitrogens with one attached hydrogen (secondary N) is 1. The zero-order chi connectivity index (χ0) is 19.2. The van der Waals surface area contributed by atoms with Crippen molar-refractivity contribution in [2.45, 2.75) is 37.5 Å². The monoisotopic (exact) mass is 434 g/mol. The number of halogens is 5. The van der Waals surface area contributed by atoms with E-state index in [2.05, 4.69) is 10.4 Å². The topological polar surface area (TPSA) is 50.2 Å². The summed E-state index contributed by atoms with van der Waals surface area (Å²) in [7, 11) is 0. The van der Waals surface area contributed by atoms with E-state index in [0.717, 1.165) is 30.1 Å². The van der Waals surface area contributed by atoms with Gasteiger partial charge in [0, 0.05) is 30.2 Å². The normalized spacial score (nSPS) is 21.9. The van der Waals surface area contributed by atoms with Gasteiger partial charge in [0.1, 0.15) is 0 Å². The van der Waals surface area contributed by atoms with E-state index in [-0.39, 0.29) is 24.1 Å². The van der Waals surface area contributed by atoms with Crippen molar-refractivity contribution in [3.05, 3.63) is 46.7 Å². The Kier molecular flexibility index (Phi) is 5.93. The molecule has 2 aromatic rings. The first-order valence-corrected chi connectivity index (χ1v) is 9.17. The number of rotatable bonds is 2. The van der Waals surface area contributed by atoms with Crippen molar-refractivity contribution in [3.8, 4) is 5.69 Å². The van der Waals surface area contributed by atoms with Crippen molar-refractivity contribution in [2.24, 2.45) is 0 Å². The van der Waals surface area contributed by atoms with Crippen LogP contribution in [0, 0.1) is 0 Å². The first-order chi connectivity index (χ1) is 12.8. The molecule has 1 aromatic heterocycles. The molecule has 2 aliphatic rings. The Morgan fingerprint density at radius 1 is 1.14 bits per heavy atom. The van der Waals surface area contributed by atoms with Gasteiger partial charge in [-0.05, 0) is 43.5 Å². The van der Waals surface area contributed by atoms with Crippen molar-refractivity contribution < 1.29 is 18.0 Å². The van der Waals surface area contributed by atoms with Gasteiger partial charge in [0.2, 0.25) is 0 Å². The smallest absolute Gasteiger partial charge is 0.337 e. The van der Waals surface area contributed by atoms with E-state index in [1.807, 2.05) is 0 Å². The average Bonchev–Trinajstić information content (AvgIpc) is 3.18. The molecule has 152 valence electrons. The van der Waals surface area contributed by atoms with E-state index < -0.39 is 23.3 Å². The van der Waals surface area contributed by atoms with Gasteiger partial charge in [0.05, 0.1) is 17.4 Å². The molecule has 0 saturated carbocycles. The molecule has 4 rings (SSSR count). The fourth-order valence-electron chi connectivity index (χ4n) is 3.85. The fourth-order valence-corrected chi connectivity index (χ4v) is 3.98. The molecule has 1 aromatic carbocycles. The molecule has 2 fully saturated rings. The Labute approximate surface area is 171 Å². The Balaban J connectivity index is 0.00000225. The maximum absolute atomic E-state index is 13.8. The Bertz CT molecular complexity index is 854. The lowest BCUT2D eigenvalue weighted by molar-refractivity contribution is -0.143. The van der Waals surface area contributed by atoms with Crippen LogP contribution in [0.5, 0.6) is 0 Å². The molecule has 0 radical (unpaired) electrons. The summed E-state index contributed by atoms with van der Waals surface area (Å²) in [5.74, 6) is -0.628. The highest BCUT2D eigenvalue weighted by atomic mass is 35.5. The Morgan fingerprint density at radius 2 is 1.82 bits per heavy atom. The molecule has 2 aliphatic heterocycles. The quantitative estimate of drug-likeness (QED) is 0.778. The van der Waals surface area contributed by atoms with Gasteiger partial charge in [-0.3, -0.25) is 4.79 Å². The zero-order valence-corrected chi connectivity index (χ0v) is 16.3. The summed E-state index contributed by atoms with van der Waals surface area (Å²) in [5.41, 5.74) is -1.28. The SMILES string of the molecule is Cl.O=C(c1cnn(-c2ccc(Cl)cc2)c1C(F)(F)F)N1CCC2CCC(C1)N2. The second-order valence-electron chi connectivity index (χ2n) is 6.97. The van der Waals surface area contributed by atoms with E-state index in [1.54, 1.807) is 0 Å². The average molecular weight is 435 g/mol. The number of hydrogen-bond donors (Lipinski definition) is 1. The third-order valence-electron chi connectivity index (χ3n) is 5.15. The lowest BCUT2D eigenvalue weighted by Crippen LogP contribution is -2.39. The second-order valence-corrected chi connectivity index (χ2v) is 7.41. The third kappa shape index (κ3) is 3.99. The molecule has 28 heavy (non-hydrogen) atoms. The minimum Gasteiger partial charge on any atom is -0.337 e. The lowest BCUT2D eigenvalue weighted by Gasteiger charge is -2.24. The fraction of sp³-hybridized carbons (Fsp3) is 0.444. The molecule has 2 saturated heterocycles. The number of nitrogens with zero attached hydrogens (tertiary/aromatic N) is 3. The summed E-state index contributed by atoms with van der Waals surface area (Å²) >= 11 is 5.81. The molecule has 0 aliphatic carbocycles. The van der Waals surface area contributed by atoms with Gasteiger partial charge in [-0.25, -0.2) is 4.68 Å². The number of fused-ring (bicyclic) bond motifs is 2. The van der Waals surface area contributed by atoms with Crippen LogP contribution in [-0.2, 0) is 6.18 Å². The van der Waals surface area contributed by atoms with Crippen molar-refractivity contribution >= 4 is 29.9 Å². The van der Waals surface area contributed by atoms with Crippen LogP contribution >= 0.6 is 24.0 Å². The molecule has 2 atom stereocenters. The molecular formula is C18H19Cl2F3N4O. The standard InChI is InChI=1S/C18H18ClF3N4O.ClH/c19-11-1-5-14(6-2-11)26-16(18(20,21)22)15(9-23-26)17(27)25-8-7-12-3-4-13(10-25)24-12;/h1-2,5-6,9,12-13,24H,3-4,7-8,10H2;1H. The van der Waals surface area contributed by atoms with Crippen LogP contribution in [0.25, 0.3) is 5.69 Å². The predicted molar refractivity (Wildman–Crippen MR) is 101 cm³/mol. The van der Waals surface area contributed by atoms with Crippen molar-refractivity contribution in [1.82, 2.24) is 20.0 Å². The third-order valence-corrected chi connectivity index (χ3v) is 5.40. The summed E-state index contributed by atoms with van der Waals surface area (Å²) in [5, 5.41) is 7.69. The minimum atomic E-state index is -4.72. The van der Waals surface area contributed by atoms with E-state index in [4.69, 9.17) is 11.6 Å². The number of aromatic nitrogens is 2. The summed E-state index contributed by atoms with van der Waals surface area (Å²) < 4.78 is 42.1. The molecule has 2 unspecified atom stereocenters. The first-order valence-electron chi connectivity index (χ1n) is 8.79. The lowest BCUT2D eigenvalue weighted by atomic mass is 10.1. The van der Waals surface area contributed by atoms with Crippen LogP contribution < -0.4 is 5.32 Å². The summed E-state index contributed by atoms with van der Waals surface area (Å²) in [6.07, 6.45) is -0.977. The van der Waals surface area contributed by atoms with Crippen LogP contribution in [0.1, 0.15) is 35.3 Å². The van der Waals surface area contributed by atoms with Crippen molar-refractivity contribution in [1.29, 1.82) is 0 Å². The molecule has 0 spiro atoms. The number of carbonyl (C=O) groups is 1. The van der Waals surface area contributed by atoms with Gasteiger partial charge >= 0.3 is 6.18 Å². The van der Waals surface area contributed by atoms with Gasteiger partial charge < -0.3 is 10.2 Å². The first kappa shape index (κ1) is 21.0. The van der Waals surface area contributed by atoms with Crippen molar-refractivity contribution in [2.75, 3.05) is 13.1 Å². The number of alkyl halides is 3. The van der Waals surface area contributed by atoms with Gasteiger partial charge in [-0.2, -0.15) is 18.3 Å². The maximum atomic E-state index is 13.8. The molecular weight excluding hydrogens is 416 g/mol. The highest BCUT2D eigenvalue weighted by Gasteiger charge is 2.42. The van der Waals surface area contributed by atoms with Gasteiger partial charge in [0.15, 0.2) is 5.69 Å². The highest BCUT2D eigenvalue weighted by Crippen LogP contribution is 2.35. The van der Waals surface area contributed by atoms with E-state index in [9.17, 15) is 18.0 Å². The van der Waals surface area contributed by atoms with Gasteiger partial charge in [0.25, 0.3) is 5.91 Å². The van der Waals surface area contributed by atoms with Crippen LogP contribution in [-0.4, -0.2) is 45.8 Å². The van der Waals surface area contributed by atoms with Crippen LogP contribution in [0.3, 0.4) is 0 Å². The zero-order valence-electron chi connectivity index (χ0n) is 14.7. The Hall–Kier alpha value is -1.77. The molecule has 2 bridgehead atoms. The van der Waals surface area contributed by atoms with Gasteiger partial charge in [-0.1, -0.05) is 11.6 Å². The molecule has 3 heterocycles. The summed E-state index contributed by atoms with van der Waals surface area (Å²) in [6.45, 7) is 0.856. The largest absolute Gasteiger partial charge is 0.434 e. The van der Waals surface area contributed by atoms with E-state index in [1.165, 1.54) is 29.2 Å². The van der Waals surface area contributed by atoms with Crippen molar-refractivity contribution in [3.63, 3.8) is 0 Å². The van der Waals surface area contributed by atoms with Gasteiger partial charge in [-0.15, -0.1) is 12.4 Å². The summed E-state index contributed by atoms with van der Waals surface area (Å²) in [6, 6.07) is 6.32. The number of benzene rings is 1.